The Hall–Kier alpha value is -7.09. The lowest BCUT2D eigenvalue weighted by atomic mass is 10.0. The Bertz CT molecular complexity index is 2320. The van der Waals surface area contributed by atoms with Gasteiger partial charge in [0, 0.05) is 48.4 Å². The van der Waals surface area contributed by atoms with Crippen molar-refractivity contribution in [1.29, 1.82) is 0 Å². The minimum absolute atomic E-state index is 0.0248. The molecule has 310 valence electrons. The number of carbonyl (C=O) groups is 6. The largest absolute Gasteiger partial charge is 0.436 e. The molecule has 4 fully saturated rings. The molecule has 14 nitrogen and oxygen atoms in total. The lowest BCUT2D eigenvalue weighted by Gasteiger charge is -2.31. The normalized spacial score (nSPS) is 22.9. The summed E-state index contributed by atoms with van der Waals surface area (Å²) in [5.74, 6) is -0.405. The second-order valence-electron chi connectivity index (χ2n) is 16.4. The number of carbonyl (C=O) groups excluding carboxylic acids is 6. The predicted octanol–water partition coefficient (Wildman–Crippen LogP) is 5.62. The molecule has 4 aliphatic rings. The molecule has 14 heteroatoms. The van der Waals surface area contributed by atoms with Crippen molar-refractivity contribution in [2.45, 2.75) is 75.8 Å². The number of likely N-dealkylation sites (tertiary alicyclic amines) is 2. The van der Waals surface area contributed by atoms with E-state index in [1.54, 1.807) is 76.7 Å². The summed E-state index contributed by atoms with van der Waals surface area (Å²) in [6.45, 7) is 2.75. The SMILES string of the molecule is CC(=O)N[C@@H](C(=O)N1[C@H](C(=O)Nc2ccc(-c3cnc(-c4ccc(NC(=O)[C@@H]5C[C@@H]6C[C@@H]6N5C(=O)[C@H](NC(C)=O)c5ccccc5)cc4)o3)cc2)C[C@@H]2C[C@@H]21)c1ccccc1. The van der Waals surface area contributed by atoms with Crippen LogP contribution in [0.4, 0.5) is 11.4 Å². The molecule has 2 saturated heterocycles. The van der Waals surface area contributed by atoms with Crippen LogP contribution in [0.15, 0.2) is 120 Å². The Morgan fingerprint density at radius 1 is 0.574 bits per heavy atom. The van der Waals surface area contributed by atoms with Crippen LogP contribution in [0.3, 0.4) is 0 Å². The van der Waals surface area contributed by atoms with Crippen LogP contribution in [0.2, 0.25) is 0 Å². The Morgan fingerprint density at radius 3 is 1.43 bits per heavy atom. The zero-order valence-corrected chi connectivity index (χ0v) is 33.6. The van der Waals surface area contributed by atoms with E-state index in [1.165, 1.54) is 13.8 Å². The van der Waals surface area contributed by atoms with Gasteiger partial charge in [0.25, 0.3) is 11.8 Å². The third-order valence-electron chi connectivity index (χ3n) is 12.1. The first-order chi connectivity index (χ1) is 29.5. The van der Waals surface area contributed by atoms with Crippen LogP contribution < -0.4 is 21.3 Å². The quantitative estimate of drug-likeness (QED) is 0.125. The van der Waals surface area contributed by atoms with E-state index in [-0.39, 0.29) is 59.4 Å². The number of nitrogens with one attached hydrogen (secondary N) is 4. The Kier molecular flexibility index (Phi) is 10.4. The van der Waals surface area contributed by atoms with Gasteiger partial charge in [0.2, 0.25) is 29.5 Å². The van der Waals surface area contributed by atoms with Crippen molar-refractivity contribution in [2.75, 3.05) is 10.6 Å². The van der Waals surface area contributed by atoms with Crippen LogP contribution in [0.1, 0.15) is 62.7 Å². The minimum Gasteiger partial charge on any atom is -0.436 e. The molecule has 4 N–H and O–H groups in total. The van der Waals surface area contributed by atoms with Gasteiger partial charge in [0.1, 0.15) is 24.2 Å². The summed E-state index contributed by atoms with van der Waals surface area (Å²) in [6, 6.07) is 29.2. The highest BCUT2D eigenvalue weighted by molar-refractivity contribution is 6.01. The van der Waals surface area contributed by atoms with Gasteiger partial charge < -0.3 is 35.5 Å². The lowest BCUT2D eigenvalue weighted by molar-refractivity contribution is -0.141. The third-order valence-corrected chi connectivity index (χ3v) is 12.1. The molecular formula is C47H45N7O7. The fraction of sp³-hybridized carbons (Fsp3) is 0.298. The molecule has 4 aromatic carbocycles. The van der Waals surface area contributed by atoms with E-state index in [9.17, 15) is 28.8 Å². The minimum atomic E-state index is -0.883. The van der Waals surface area contributed by atoms with E-state index in [0.29, 0.717) is 52.6 Å². The highest BCUT2D eigenvalue weighted by Gasteiger charge is 2.58. The van der Waals surface area contributed by atoms with Crippen LogP contribution in [0, 0.1) is 11.8 Å². The first-order valence-electron chi connectivity index (χ1n) is 20.6. The molecule has 0 unspecified atom stereocenters. The summed E-state index contributed by atoms with van der Waals surface area (Å²) in [4.78, 5) is 87.0. The molecule has 8 atom stereocenters. The molecule has 3 heterocycles. The van der Waals surface area contributed by atoms with E-state index >= 15 is 0 Å². The summed E-state index contributed by atoms with van der Waals surface area (Å²) >= 11 is 0. The zero-order chi connectivity index (χ0) is 42.4. The van der Waals surface area contributed by atoms with Crippen molar-refractivity contribution in [3.63, 3.8) is 0 Å². The highest BCUT2D eigenvalue weighted by Crippen LogP contribution is 2.50. The number of amides is 6. The number of piperidine rings is 2. The average Bonchev–Trinajstić information content (AvgIpc) is 4.03. The van der Waals surface area contributed by atoms with Crippen molar-refractivity contribution in [2.24, 2.45) is 11.8 Å². The second kappa shape index (κ2) is 16.2. The fourth-order valence-corrected chi connectivity index (χ4v) is 8.99. The molecule has 1 aromatic heterocycles. The van der Waals surface area contributed by atoms with Crippen LogP contribution >= 0.6 is 0 Å². The number of anilines is 2. The van der Waals surface area contributed by atoms with Crippen molar-refractivity contribution >= 4 is 46.8 Å². The maximum absolute atomic E-state index is 13.9. The molecule has 2 saturated carbocycles. The van der Waals surface area contributed by atoms with Gasteiger partial charge >= 0.3 is 0 Å². The zero-order valence-electron chi connectivity index (χ0n) is 33.6. The molecule has 6 amide bonds. The van der Waals surface area contributed by atoms with Gasteiger partial charge in [-0.2, -0.15) is 0 Å². The molecule has 0 bridgehead atoms. The maximum atomic E-state index is 13.9. The van der Waals surface area contributed by atoms with Crippen molar-refractivity contribution in [3.8, 4) is 22.8 Å². The Labute approximate surface area is 352 Å². The summed E-state index contributed by atoms with van der Waals surface area (Å²) in [6.07, 6.45) is 4.42. The number of aromatic nitrogens is 1. The van der Waals surface area contributed by atoms with Crippen LogP contribution in [-0.2, 0) is 28.8 Å². The average molecular weight is 820 g/mol. The number of hydrogen-bond donors (Lipinski definition) is 4. The first-order valence-corrected chi connectivity index (χ1v) is 20.6. The van der Waals surface area contributed by atoms with Crippen LogP contribution in [0.25, 0.3) is 22.8 Å². The summed E-state index contributed by atoms with van der Waals surface area (Å²) in [7, 11) is 0. The Morgan fingerprint density at radius 2 is 1.00 bits per heavy atom. The molecule has 9 rings (SSSR count). The monoisotopic (exact) mass is 819 g/mol. The van der Waals surface area contributed by atoms with Gasteiger partial charge in [-0.3, -0.25) is 28.8 Å². The number of nitrogens with zero attached hydrogens (tertiary/aromatic N) is 3. The van der Waals surface area contributed by atoms with Gasteiger partial charge in [-0.15, -0.1) is 0 Å². The number of benzene rings is 4. The summed E-state index contributed by atoms with van der Waals surface area (Å²) in [5.41, 5.74) is 3.87. The van der Waals surface area contributed by atoms with Crippen LogP contribution in [-0.4, -0.2) is 74.4 Å². The van der Waals surface area contributed by atoms with E-state index < -0.39 is 24.2 Å². The number of hydrogen-bond acceptors (Lipinski definition) is 8. The number of rotatable bonds is 12. The van der Waals surface area contributed by atoms with Gasteiger partial charge in [0.05, 0.1) is 6.20 Å². The fourth-order valence-electron chi connectivity index (χ4n) is 8.99. The number of fused-ring (bicyclic) bond motifs is 2. The predicted molar refractivity (Wildman–Crippen MR) is 225 cm³/mol. The smallest absolute Gasteiger partial charge is 0.250 e. The van der Waals surface area contributed by atoms with E-state index in [2.05, 4.69) is 26.3 Å². The standard InChI is InChI=1S/C47H45N7O7/c1-26(55)49-41(29-9-5-3-6-10-29)46(59)53-36-21-32(36)23-38(53)43(57)51-34-17-13-28(14-18-34)40-25-48-45(61-40)31-15-19-35(20-16-31)52-44(58)39-24-33-22-37(33)54(39)47(60)42(50-27(2)56)30-11-7-4-8-12-30/h3-20,25,32-33,36-39,41-42H,21-24H2,1-2H3,(H,49,55)(H,50,56)(H,51,57)(H,52,58)/t32-,33-,36-,37-,38-,39-,41+,42+/m0/s1. The van der Waals surface area contributed by atoms with E-state index in [1.807, 2.05) is 48.5 Å². The molecule has 61 heavy (non-hydrogen) atoms. The highest BCUT2D eigenvalue weighted by atomic mass is 16.4. The van der Waals surface area contributed by atoms with Crippen molar-refractivity contribution < 1.29 is 33.2 Å². The van der Waals surface area contributed by atoms with Gasteiger partial charge in [-0.25, -0.2) is 4.98 Å². The molecule has 5 aromatic rings. The lowest BCUT2D eigenvalue weighted by Crippen LogP contribution is -2.50. The molecule has 0 spiro atoms. The molecule has 2 aliphatic heterocycles. The molecule has 0 radical (unpaired) electrons. The van der Waals surface area contributed by atoms with Gasteiger partial charge in [-0.1, -0.05) is 60.7 Å². The Balaban J connectivity index is 0.820. The van der Waals surface area contributed by atoms with Gasteiger partial charge in [0.15, 0.2) is 5.76 Å². The number of oxazole rings is 1. The molecular weight excluding hydrogens is 775 g/mol. The van der Waals surface area contributed by atoms with Crippen molar-refractivity contribution in [1.82, 2.24) is 25.4 Å². The summed E-state index contributed by atoms with van der Waals surface area (Å²) < 4.78 is 6.11. The molecule has 2 aliphatic carbocycles. The topological polar surface area (TPSA) is 183 Å². The maximum Gasteiger partial charge on any atom is 0.250 e. The third kappa shape index (κ3) is 8.13. The second-order valence-corrected chi connectivity index (χ2v) is 16.4. The van der Waals surface area contributed by atoms with E-state index in [4.69, 9.17) is 4.42 Å². The van der Waals surface area contributed by atoms with Crippen LogP contribution in [0.5, 0.6) is 0 Å². The summed E-state index contributed by atoms with van der Waals surface area (Å²) in [5, 5.41) is 11.5. The van der Waals surface area contributed by atoms with Crippen molar-refractivity contribution in [3.05, 3.63) is 127 Å². The first kappa shape index (κ1) is 39.4. The van der Waals surface area contributed by atoms with E-state index in [0.717, 1.165) is 18.4 Å². The van der Waals surface area contributed by atoms with Gasteiger partial charge in [-0.05, 0) is 97.2 Å².